The van der Waals surface area contributed by atoms with E-state index >= 15 is 0 Å². The Morgan fingerprint density at radius 3 is 2.76 bits per heavy atom. The Kier molecular flexibility index (Phi) is 6.47. The fourth-order valence-electron chi connectivity index (χ4n) is 2.06. The summed E-state index contributed by atoms with van der Waals surface area (Å²) in [5.41, 5.74) is 6.58. The average Bonchev–Trinajstić information content (AvgIpc) is 2.58. The molecule has 0 atom stereocenters. The van der Waals surface area contributed by atoms with Crippen molar-refractivity contribution in [1.82, 2.24) is 5.43 Å². The number of rotatable bonds is 6. The molecule has 0 aliphatic rings. The van der Waals surface area contributed by atoms with E-state index in [4.69, 9.17) is 22.1 Å². The number of nitrogens with one attached hydrogen (secondary N) is 2. The first kappa shape index (κ1) is 18.4. The summed E-state index contributed by atoms with van der Waals surface area (Å²) in [7, 11) is 0. The first-order chi connectivity index (χ1) is 12.0. The number of thiocarbonyl (C=S) groups is 1. The van der Waals surface area contributed by atoms with Crippen molar-refractivity contribution < 1.29 is 14.6 Å². The third-order valence-electron chi connectivity index (χ3n) is 3.49. The normalized spacial score (nSPS) is 10.5. The quantitative estimate of drug-likeness (QED) is 0.419. The van der Waals surface area contributed by atoms with Gasteiger partial charge < -0.3 is 15.2 Å². The van der Waals surface area contributed by atoms with Crippen LogP contribution in [0.5, 0.6) is 5.75 Å². The second-order valence-electron chi connectivity index (χ2n) is 5.29. The van der Waals surface area contributed by atoms with Crippen LogP contribution in [0, 0.1) is 13.8 Å². The van der Waals surface area contributed by atoms with Crippen LogP contribution in [0.2, 0.25) is 0 Å². The lowest BCUT2D eigenvalue weighted by Crippen LogP contribution is -2.24. The maximum absolute atomic E-state index is 10.6. The predicted octanol–water partition coefficient (Wildman–Crippen LogP) is 3.09. The first-order valence-corrected chi connectivity index (χ1v) is 7.98. The molecular weight excluding hydrogens is 338 g/mol. The van der Waals surface area contributed by atoms with Gasteiger partial charge in [0.1, 0.15) is 5.75 Å². The topological polar surface area (TPSA) is 83.0 Å². The molecule has 2 rings (SSSR count). The minimum absolute atomic E-state index is 0.355. The molecule has 2 aromatic rings. The van der Waals surface area contributed by atoms with Gasteiger partial charge in [-0.3, -0.25) is 5.43 Å². The molecule has 0 spiro atoms. The molecule has 0 amide bonds. The van der Waals surface area contributed by atoms with Crippen molar-refractivity contribution in [3.05, 3.63) is 59.2 Å². The summed E-state index contributed by atoms with van der Waals surface area (Å²) in [4.78, 5) is 10.6. The highest BCUT2D eigenvalue weighted by molar-refractivity contribution is 7.80. The average molecular weight is 357 g/mol. The molecule has 3 N–H and O–H groups in total. The lowest BCUT2D eigenvalue weighted by atomic mass is 10.1. The molecule has 25 heavy (non-hydrogen) atoms. The maximum atomic E-state index is 10.6. The van der Waals surface area contributed by atoms with E-state index < -0.39 is 12.6 Å². The van der Waals surface area contributed by atoms with Crippen LogP contribution in [-0.2, 0) is 4.79 Å². The van der Waals surface area contributed by atoms with Gasteiger partial charge in [0.15, 0.2) is 11.7 Å². The Labute approximate surface area is 151 Å². The zero-order valence-electron chi connectivity index (χ0n) is 13.9. The molecule has 0 fully saturated rings. The van der Waals surface area contributed by atoms with Crippen molar-refractivity contribution in [3.8, 4) is 5.75 Å². The molecule has 6 nitrogen and oxygen atoms in total. The highest BCUT2D eigenvalue weighted by Crippen LogP contribution is 2.18. The van der Waals surface area contributed by atoms with Crippen LogP contribution in [0.4, 0.5) is 5.69 Å². The number of carboxylic acids is 1. The van der Waals surface area contributed by atoms with Gasteiger partial charge in [-0.05, 0) is 55.4 Å². The Hall–Kier alpha value is -2.93. The van der Waals surface area contributed by atoms with Crippen LogP contribution in [0.3, 0.4) is 0 Å². The van der Waals surface area contributed by atoms with E-state index in [0.29, 0.717) is 16.4 Å². The number of ether oxygens (including phenoxy) is 1. The first-order valence-electron chi connectivity index (χ1n) is 7.57. The van der Waals surface area contributed by atoms with Gasteiger partial charge in [0.05, 0.1) is 6.21 Å². The van der Waals surface area contributed by atoms with Gasteiger partial charge in [-0.25, -0.2) is 4.79 Å². The van der Waals surface area contributed by atoms with Crippen molar-refractivity contribution in [2.24, 2.45) is 5.10 Å². The Balaban J connectivity index is 1.97. The fraction of sp³-hybridized carbons (Fsp3) is 0.167. The standard InChI is InChI=1S/C18H19N3O3S/c1-12-6-5-8-15(13(12)2)20-18(25)21-19-10-14-7-3-4-9-16(14)24-11-17(22)23/h3-10H,11H2,1-2H3,(H,22,23)(H2,20,21,25)/b19-10-. The lowest BCUT2D eigenvalue weighted by Gasteiger charge is -2.11. The van der Waals surface area contributed by atoms with Gasteiger partial charge in [0, 0.05) is 11.3 Å². The molecule has 130 valence electrons. The van der Waals surface area contributed by atoms with Crippen molar-refractivity contribution >= 4 is 35.2 Å². The van der Waals surface area contributed by atoms with Crippen molar-refractivity contribution in [1.29, 1.82) is 0 Å². The number of nitrogens with zero attached hydrogens (tertiary/aromatic N) is 1. The molecule has 0 aliphatic carbocycles. The number of hydrogen-bond acceptors (Lipinski definition) is 4. The number of para-hydroxylation sites is 1. The fourth-order valence-corrected chi connectivity index (χ4v) is 2.22. The lowest BCUT2D eigenvalue weighted by molar-refractivity contribution is -0.139. The predicted molar refractivity (Wildman–Crippen MR) is 102 cm³/mol. The van der Waals surface area contributed by atoms with Gasteiger partial charge in [-0.2, -0.15) is 5.10 Å². The number of hydrazone groups is 1. The number of hydrogen-bond donors (Lipinski definition) is 3. The minimum Gasteiger partial charge on any atom is -0.481 e. The van der Waals surface area contributed by atoms with E-state index in [1.165, 1.54) is 11.8 Å². The largest absolute Gasteiger partial charge is 0.481 e. The van der Waals surface area contributed by atoms with Crippen LogP contribution in [0.15, 0.2) is 47.6 Å². The summed E-state index contributed by atoms with van der Waals surface area (Å²) in [6.07, 6.45) is 1.52. The summed E-state index contributed by atoms with van der Waals surface area (Å²) in [5.74, 6) is -0.604. The third kappa shape index (κ3) is 5.58. The highest BCUT2D eigenvalue weighted by Gasteiger charge is 2.04. The third-order valence-corrected chi connectivity index (χ3v) is 3.69. The SMILES string of the molecule is Cc1cccc(NC(=S)N/N=C\c2ccccc2OCC(=O)O)c1C. The zero-order chi connectivity index (χ0) is 18.2. The Morgan fingerprint density at radius 2 is 2.00 bits per heavy atom. The molecule has 0 unspecified atom stereocenters. The van der Waals surface area contributed by atoms with E-state index in [1.54, 1.807) is 18.2 Å². The Morgan fingerprint density at radius 1 is 1.24 bits per heavy atom. The summed E-state index contributed by atoms with van der Waals surface area (Å²) in [5, 5.41) is 16.2. The Bertz CT molecular complexity index is 806. The molecule has 0 saturated carbocycles. The molecule has 0 aliphatic heterocycles. The van der Waals surface area contributed by atoms with Crippen LogP contribution < -0.4 is 15.5 Å². The van der Waals surface area contributed by atoms with E-state index in [0.717, 1.165) is 11.3 Å². The smallest absolute Gasteiger partial charge is 0.341 e. The number of aliphatic carboxylic acids is 1. The van der Waals surface area contributed by atoms with Crippen molar-refractivity contribution in [2.75, 3.05) is 11.9 Å². The van der Waals surface area contributed by atoms with Crippen LogP contribution in [0.1, 0.15) is 16.7 Å². The summed E-state index contributed by atoms with van der Waals surface area (Å²) >= 11 is 5.23. The summed E-state index contributed by atoms with van der Waals surface area (Å²) < 4.78 is 5.21. The summed E-state index contributed by atoms with van der Waals surface area (Å²) in [6, 6.07) is 12.9. The van der Waals surface area contributed by atoms with Crippen LogP contribution >= 0.6 is 12.2 Å². The molecule has 7 heteroatoms. The number of carbonyl (C=O) groups is 1. The monoisotopic (exact) mass is 357 g/mol. The van der Waals surface area contributed by atoms with Crippen molar-refractivity contribution in [2.45, 2.75) is 13.8 Å². The van der Waals surface area contributed by atoms with E-state index in [1.807, 2.05) is 38.1 Å². The minimum atomic E-state index is -1.04. The molecule has 0 saturated heterocycles. The second-order valence-corrected chi connectivity index (χ2v) is 5.70. The van der Waals surface area contributed by atoms with Crippen LogP contribution in [0.25, 0.3) is 0 Å². The molecule has 0 heterocycles. The molecule has 0 aromatic heterocycles. The maximum Gasteiger partial charge on any atom is 0.341 e. The number of aryl methyl sites for hydroxylation is 1. The molecule has 0 radical (unpaired) electrons. The van der Waals surface area contributed by atoms with E-state index in [9.17, 15) is 4.79 Å². The van der Waals surface area contributed by atoms with Gasteiger partial charge in [0.2, 0.25) is 0 Å². The van der Waals surface area contributed by atoms with E-state index in [2.05, 4.69) is 15.8 Å². The van der Waals surface area contributed by atoms with Gasteiger partial charge in [-0.15, -0.1) is 0 Å². The van der Waals surface area contributed by atoms with Crippen molar-refractivity contribution in [3.63, 3.8) is 0 Å². The van der Waals surface area contributed by atoms with Gasteiger partial charge in [0.25, 0.3) is 0 Å². The summed E-state index contributed by atoms with van der Waals surface area (Å²) in [6.45, 7) is 3.63. The second kappa shape index (κ2) is 8.79. The zero-order valence-corrected chi connectivity index (χ0v) is 14.8. The van der Waals surface area contributed by atoms with E-state index in [-0.39, 0.29) is 0 Å². The molecule has 2 aromatic carbocycles. The van der Waals surface area contributed by atoms with Gasteiger partial charge >= 0.3 is 5.97 Å². The van der Waals surface area contributed by atoms with Gasteiger partial charge in [-0.1, -0.05) is 24.3 Å². The molecular formula is C18H19N3O3S. The molecule has 0 bridgehead atoms. The highest BCUT2D eigenvalue weighted by atomic mass is 32.1. The number of benzene rings is 2. The van der Waals surface area contributed by atoms with Crippen LogP contribution in [-0.4, -0.2) is 29.0 Å². The number of carboxylic acid groups (broad SMARTS) is 1. The number of anilines is 1.